The number of nitrogens with zero attached hydrogens (tertiary/aromatic N) is 1. The van der Waals surface area contributed by atoms with Crippen LogP contribution in [0, 0.1) is 0 Å². The van der Waals surface area contributed by atoms with E-state index >= 15 is 0 Å². The summed E-state index contributed by atoms with van der Waals surface area (Å²) in [6, 6.07) is 3.74. The second-order valence-electron chi connectivity index (χ2n) is 5.57. The van der Waals surface area contributed by atoms with Crippen molar-refractivity contribution in [2.75, 3.05) is 23.8 Å². The van der Waals surface area contributed by atoms with Crippen molar-refractivity contribution in [2.45, 2.75) is 45.6 Å². The second-order valence-corrected chi connectivity index (χ2v) is 5.98. The lowest BCUT2D eigenvalue weighted by molar-refractivity contribution is 0.0505. The quantitative estimate of drug-likeness (QED) is 0.677. The van der Waals surface area contributed by atoms with Gasteiger partial charge in [0.15, 0.2) is 0 Å². The summed E-state index contributed by atoms with van der Waals surface area (Å²) in [6.45, 7) is 5.49. The molecule has 1 fully saturated rings. The van der Waals surface area contributed by atoms with Gasteiger partial charge in [-0.1, -0.05) is 18.5 Å². The maximum atomic E-state index is 11.9. The zero-order chi connectivity index (χ0) is 15.4. The van der Waals surface area contributed by atoms with Crippen LogP contribution < -0.4 is 10.6 Å². The fourth-order valence-electron chi connectivity index (χ4n) is 2.75. The minimum Gasteiger partial charge on any atom is -0.462 e. The average Bonchev–Trinajstić information content (AvgIpc) is 2.45. The third-order valence-electron chi connectivity index (χ3n) is 3.86. The van der Waals surface area contributed by atoms with Gasteiger partial charge in [0.1, 0.15) is 0 Å². The van der Waals surface area contributed by atoms with E-state index in [-0.39, 0.29) is 5.97 Å². The number of piperidine rings is 1. The van der Waals surface area contributed by atoms with Crippen molar-refractivity contribution >= 4 is 28.9 Å². The molecular formula is C16H23ClN2O2. The van der Waals surface area contributed by atoms with Gasteiger partial charge >= 0.3 is 5.97 Å². The van der Waals surface area contributed by atoms with Gasteiger partial charge in [0, 0.05) is 12.6 Å². The van der Waals surface area contributed by atoms with Crippen molar-refractivity contribution in [1.82, 2.24) is 0 Å². The van der Waals surface area contributed by atoms with E-state index in [1.54, 1.807) is 12.1 Å². The molecule has 21 heavy (non-hydrogen) atoms. The molecule has 1 aromatic carbocycles. The van der Waals surface area contributed by atoms with Crippen molar-refractivity contribution in [1.29, 1.82) is 0 Å². The van der Waals surface area contributed by atoms with Crippen molar-refractivity contribution in [3.05, 3.63) is 22.7 Å². The third kappa shape index (κ3) is 3.62. The maximum absolute atomic E-state index is 11.9. The molecule has 0 spiro atoms. The van der Waals surface area contributed by atoms with E-state index in [1.165, 1.54) is 6.42 Å². The van der Waals surface area contributed by atoms with Gasteiger partial charge in [0.05, 0.1) is 28.6 Å². The Bertz CT molecular complexity index is 496. The van der Waals surface area contributed by atoms with E-state index in [2.05, 4.69) is 11.8 Å². The number of anilines is 2. The fraction of sp³-hybridized carbons (Fsp3) is 0.562. The summed E-state index contributed by atoms with van der Waals surface area (Å²) in [5.41, 5.74) is 7.95. The van der Waals surface area contributed by atoms with Gasteiger partial charge in [-0.25, -0.2) is 4.79 Å². The topological polar surface area (TPSA) is 55.6 Å². The lowest BCUT2D eigenvalue weighted by Gasteiger charge is -2.36. The highest BCUT2D eigenvalue weighted by atomic mass is 35.5. The highest BCUT2D eigenvalue weighted by Crippen LogP contribution is 2.37. The van der Waals surface area contributed by atoms with Crippen LogP contribution in [-0.4, -0.2) is 25.2 Å². The number of hydrogen-bond donors (Lipinski definition) is 1. The van der Waals surface area contributed by atoms with Crippen LogP contribution in [0.2, 0.25) is 5.02 Å². The van der Waals surface area contributed by atoms with Crippen LogP contribution in [0.3, 0.4) is 0 Å². The number of nitrogen functional groups attached to an aromatic ring is 1. The first-order valence-corrected chi connectivity index (χ1v) is 7.95. The first kappa shape index (κ1) is 16.0. The molecule has 1 aliphatic heterocycles. The molecule has 0 bridgehead atoms. The first-order chi connectivity index (χ1) is 10.0. The summed E-state index contributed by atoms with van der Waals surface area (Å²) in [7, 11) is 0. The minimum absolute atomic E-state index is 0.372. The van der Waals surface area contributed by atoms with E-state index in [9.17, 15) is 4.79 Å². The van der Waals surface area contributed by atoms with Crippen molar-refractivity contribution in [3.8, 4) is 0 Å². The number of halogens is 1. The van der Waals surface area contributed by atoms with Crippen molar-refractivity contribution in [3.63, 3.8) is 0 Å². The third-order valence-corrected chi connectivity index (χ3v) is 4.14. The molecule has 2 rings (SSSR count). The molecule has 0 unspecified atom stereocenters. The molecular weight excluding hydrogens is 288 g/mol. The van der Waals surface area contributed by atoms with Crippen LogP contribution in [0.1, 0.15) is 49.9 Å². The van der Waals surface area contributed by atoms with Crippen molar-refractivity contribution in [2.24, 2.45) is 0 Å². The average molecular weight is 311 g/mol. The number of rotatable bonds is 4. The number of hydrogen-bond acceptors (Lipinski definition) is 4. The summed E-state index contributed by atoms with van der Waals surface area (Å²) < 4.78 is 5.13. The number of carbonyl (C=O) groups excluding carboxylic acids is 1. The number of esters is 1. The molecule has 1 aliphatic rings. The second kappa shape index (κ2) is 7.03. The Labute approximate surface area is 131 Å². The summed E-state index contributed by atoms with van der Waals surface area (Å²) >= 11 is 6.38. The highest BCUT2D eigenvalue weighted by Gasteiger charge is 2.24. The molecule has 1 saturated heterocycles. The van der Waals surface area contributed by atoms with Gasteiger partial charge in [0.2, 0.25) is 0 Å². The summed E-state index contributed by atoms with van der Waals surface area (Å²) in [5.74, 6) is -0.372. The summed E-state index contributed by atoms with van der Waals surface area (Å²) in [6.07, 6.45) is 4.30. The molecule has 0 aliphatic carbocycles. The van der Waals surface area contributed by atoms with Gasteiger partial charge in [0.25, 0.3) is 0 Å². The zero-order valence-corrected chi connectivity index (χ0v) is 13.4. The standard InChI is InChI=1S/C16H23ClN2O2/c1-3-8-21-16(20)12-9-13(17)15(14(18)10-12)19-7-5-4-6-11(19)2/h9-11H,3-8,18H2,1-2H3/t11-/m0/s1. The molecule has 1 heterocycles. The van der Waals surface area contributed by atoms with E-state index in [0.717, 1.165) is 31.5 Å². The number of ether oxygens (including phenoxy) is 1. The van der Waals surface area contributed by atoms with Crippen LogP contribution in [0.5, 0.6) is 0 Å². The minimum atomic E-state index is -0.372. The van der Waals surface area contributed by atoms with Crippen LogP contribution in [0.4, 0.5) is 11.4 Å². The molecule has 0 radical (unpaired) electrons. The maximum Gasteiger partial charge on any atom is 0.338 e. The molecule has 0 saturated carbocycles. The molecule has 1 atom stereocenters. The predicted octanol–water partition coefficient (Wildman–Crippen LogP) is 3.87. The number of benzene rings is 1. The fourth-order valence-corrected chi connectivity index (χ4v) is 3.08. The van der Waals surface area contributed by atoms with Crippen LogP contribution in [0.25, 0.3) is 0 Å². The smallest absolute Gasteiger partial charge is 0.338 e. The van der Waals surface area contributed by atoms with Crippen LogP contribution in [0.15, 0.2) is 12.1 Å². The van der Waals surface area contributed by atoms with E-state index in [1.807, 2.05) is 6.92 Å². The van der Waals surface area contributed by atoms with Crippen molar-refractivity contribution < 1.29 is 9.53 Å². The van der Waals surface area contributed by atoms with Gasteiger partial charge < -0.3 is 15.4 Å². The van der Waals surface area contributed by atoms with Gasteiger partial charge in [-0.05, 0) is 44.7 Å². The molecule has 5 heteroatoms. The SMILES string of the molecule is CCCOC(=O)c1cc(N)c(N2CCCC[C@@H]2C)c(Cl)c1. The van der Waals surface area contributed by atoms with Gasteiger partial charge in [-0.15, -0.1) is 0 Å². The molecule has 1 aromatic rings. The van der Waals surface area contributed by atoms with Crippen LogP contribution >= 0.6 is 11.6 Å². The van der Waals surface area contributed by atoms with Crippen LogP contribution in [-0.2, 0) is 4.74 Å². The van der Waals surface area contributed by atoms with E-state index in [4.69, 9.17) is 22.1 Å². The normalized spacial score (nSPS) is 18.6. The lowest BCUT2D eigenvalue weighted by atomic mass is 10.0. The number of nitrogens with two attached hydrogens (primary N) is 1. The molecule has 0 amide bonds. The summed E-state index contributed by atoms with van der Waals surface area (Å²) in [4.78, 5) is 14.1. The van der Waals surface area contributed by atoms with Gasteiger partial charge in [-0.2, -0.15) is 0 Å². The zero-order valence-electron chi connectivity index (χ0n) is 12.7. The molecule has 2 N–H and O–H groups in total. The molecule has 0 aromatic heterocycles. The number of carbonyl (C=O) groups is 1. The lowest BCUT2D eigenvalue weighted by Crippen LogP contribution is -2.38. The Balaban J connectivity index is 2.26. The predicted molar refractivity (Wildman–Crippen MR) is 87.1 cm³/mol. The first-order valence-electron chi connectivity index (χ1n) is 7.57. The summed E-state index contributed by atoms with van der Waals surface area (Å²) in [5, 5.41) is 0.521. The van der Waals surface area contributed by atoms with E-state index < -0.39 is 0 Å². The Kier molecular flexibility index (Phi) is 5.34. The Morgan fingerprint density at radius 2 is 2.24 bits per heavy atom. The van der Waals surface area contributed by atoms with Gasteiger partial charge in [-0.3, -0.25) is 0 Å². The Morgan fingerprint density at radius 3 is 2.86 bits per heavy atom. The monoisotopic (exact) mass is 310 g/mol. The molecule has 116 valence electrons. The largest absolute Gasteiger partial charge is 0.462 e. The Morgan fingerprint density at radius 1 is 1.48 bits per heavy atom. The van der Waals surface area contributed by atoms with E-state index in [0.29, 0.717) is 28.9 Å². The molecule has 4 nitrogen and oxygen atoms in total. The Hall–Kier alpha value is -1.42. The highest BCUT2D eigenvalue weighted by molar-refractivity contribution is 6.34.